The van der Waals surface area contributed by atoms with Crippen molar-refractivity contribution in [3.63, 3.8) is 0 Å². The van der Waals surface area contributed by atoms with E-state index in [1.54, 1.807) is 0 Å². The van der Waals surface area contributed by atoms with Gasteiger partial charge in [-0.2, -0.15) is 0 Å². The number of hydrogen-bond acceptors (Lipinski definition) is 2. The van der Waals surface area contributed by atoms with E-state index >= 15 is 0 Å². The topological polar surface area (TPSA) is 21.3 Å². The highest BCUT2D eigenvalue weighted by molar-refractivity contribution is 4.94. The predicted octanol–water partition coefficient (Wildman–Crippen LogP) is 2.58. The molecule has 2 heteroatoms. The summed E-state index contributed by atoms with van der Waals surface area (Å²) in [5.41, 5.74) is 0.330. The Morgan fingerprint density at radius 2 is 2.27 bits per heavy atom. The molecule has 0 aromatic carbocycles. The molecular weight excluding hydrogens is 186 g/mol. The Morgan fingerprint density at radius 1 is 1.47 bits per heavy atom. The Morgan fingerprint density at radius 3 is 2.87 bits per heavy atom. The molecule has 2 aliphatic rings. The maximum Gasteiger partial charge on any atom is 0.0685 e. The molecule has 0 aromatic rings. The van der Waals surface area contributed by atoms with Crippen LogP contribution < -0.4 is 5.32 Å². The minimum Gasteiger partial charge on any atom is -0.375 e. The van der Waals surface area contributed by atoms with Gasteiger partial charge in [0.05, 0.1) is 5.60 Å². The first kappa shape index (κ1) is 11.4. The highest BCUT2D eigenvalue weighted by Crippen LogP contribution is 2.46. The predicted molar refractivity (Wildman–Crippen MR) is 63.0 cm³/mol. The lowest BCUT2D eigenvalue weighted by Gasteiger charge is -2.48. The van der Waals surface area contributed by atoms with Gasteiger partial charge in [-0.3, -0.25) is 0 Å². The summed E-state index contributed by atoms with van der Waals surface area (Å²) < 4.78 is 5.97. The van der Waals surface area contributed by atoms with Crippen molar-refractivity contribution in [3.8, 4) is 0 Å². The zero-order valence-corrected chi connectivity index (χ0v) is 10.2. The van der Waals surface area contributed by atoms with E-state index < -0.39 is 0 Å². The highest BCUT2D eigenvalue weighted by Gasteiger charge is 2.43. The zero-order chi connectivity index (χ0) is 10.7. The van der Waals surface area contributed by atoms with Gasteiger partial charge in [-0.05, 0) is 64.0 Å². The second-order valence-corrected chi connectivity index (χ2v) is 5.51. The number of ether oxygens (including phenoxy) is 1. The summed E-state index contributed by atoms with van der Waals surface area (Å²) in [6, 6.07) is 0. The second kappa shape index (κ2) is 4.84. The quantitative estimate of drug-likeness (QED) is 0.771. The number of hydrogen-bond donors (Lipinski definition) is 1. The molecule has 0 radical (unpaired) electrons. The van der Waals surface area contributed by atoms with Crippen molar-refractivity contribution in [1.29, 1.82) is 0 Å². The minimum atomic E-state index is 0.330. The van der Waals surface area contributed by atoms with E-state index in [0.717, 1.165) is 25.0 Å². The average Bonchev–Trinajstić information content (AvgIpc) is 2.24. The van der Waals surface area contributed by atoms with Crippen LogP contribution in [-0.4, -0.2) is 25.8 Å². The zero-order valence-electron chi connectivity index (χ0n) is 10.2. The van der Waals surface area contributed by atoms with Crippen molar-refractivity contribution < 1.29 is 4.74 Å². The molecule has 1 aliphatic carbocycles. The summed E-state index contributed by atoms with van der Waals surface area (Å²) in [6.45, 7) is 4.58. The third-order valence-corrected chi connectivity index (χ3v) is 4.45. The minimum absolute atomic E-state index is 0.330. The molecule has 1 spiro atoms. The Hall–Kier alpha value is -0.0800. The molecule has 1 aliphatic heterocycles. The van der Waals surface area contributed by atoms with Crippen molar-refractivity contribution in [2.75, 3.05) is 20.2 Å². The third-order valence-electron chi connectivity index (χ3n) is 4.45. The summed E-state index contributed by atoms with van der Waals surface area (Å²) in [4.78, 5) is 0. The van der Waals surface area contributed by atoms with Crippen LogP contribution in [0, 0.1) is 11.8 Å². The van der Waals surface area contributed by atoms with Gasteiger partial charge >= 0.3 is 0 Å². The summed E-state index contributed by atoms with van der Waals surface area (Å²) >= 11 is 0. The van der Waals surface area contributed by atoms with E-state index in [9.17, 15) is 0 Å². The van der Waals surface area contributed by atoms with Crippen LogP contribution in [0.2, 0.25) is 0 Å². The molecular formula is C13H25NO. The first-order valence-corrected chi connectivity index (χ1v) is 6.54. The molecule has 1 N–H and O–H groups in total. The fourth-order valence-corrected chi connectivity index (χ4v) is 3.08. The van der Waals surface area contributed by atoms with Crippen molar-refractivity contribution in [1.82, 2.24) is 5.32 Å². The summed E-state index contributed by atoms with van der Waals surface area (Å²) in [5.74, 6) is 1.77. The first-order valence-electron chi connectivity index (χ1n) is 6.54. The summed E-state index contributed by atoms with van der Waals surface area (Å²) in [7, 11) is 2.05. The van der Waals surface area contributed by atoms with E-state index in [0.29, 0.717) is 5.60 Å². The van der Waals surface area contributed by atoms with Gasteiger partial charge in [0, 0.05) is 6.61 Å². The monoisotopic (exact) mass is 211 g/mol. The maximum atomic E-state index is 5.97. The third kappa shape index (κ3) is 2.54. The molecule has 2 nitrogen and oxygen atoms in total. The van der Waals surface area contributed by atoms with Gasteiger partial charge in [0.25, 0.3) is 0 Å². The van der Waals surface area contributed by atoms with Gasteiger partial charge in [-0.15, -0.1) is 0 Å². The first-order chi connectivity index (χ1) is 7.26. The molecule has 1 heterocycles. The number of nitrogens with one attached hydrogen (secondary N) is 1. The van der Waals surface area contributed by atoms with Gasteiger partial charge in [-0.1, -0.05) is 6.92 Å². The smallest absolute Gasteiger partial charge is 0.0685 e. The lowest BCUT2D eigenvalue weighted by Crippen LogP contribution is -2.46. The highest BCUT2D eigenvalue weighted by atomic mass is 16.5. The Kier molecular flexibility index (Phi) is 3.68. The van der Waals surface area contributed by atoms with Crippen LogP contribution in [0.4, 0.5) is 0 Å². The summed E-state index contributed by atoms with van der Waals surface area (Å²) in [5, 5.41) is 3.26. The Balaban J connectivity index is 1.81. The van der Waals surface area contributed by atoms with Crippen molar-refractivity contribution >= 4 is 0 Å². The van der Waals surface area contributed by atoms with E-state index in [2.05, 4.69) is 12.2 Å². The molecule has 88 valence electrons. The van der Waals surface area contributed by atoms with Crippen LogP contribution in [-0.2, 0) is 4.74 Å². The van der Waals surface area contributed by atoms with Gasteiger partial charge in [-0.25, -0.2) is 0 Å². The van der Waals surface area contributed by atoms with Crippen molar-refractivity contribution in [2.24, 2.45) is 11.8 Å². The van der Waals surface area contributed by atoms with E-state index in [-0.39, 0.29) is 0 Å². The molecule has 2 rings (SSSR count). The molecule has 0 aromatic heterocycles. The molecule has 0 amide bonds. The normalized spacial score (nSPS) is 31.2. The molecule has 1 saturated heterocycles. The van der Waals surface area contributed by atoms with Crippen LogP contribution in [0.5, 0.6) is 0 Å². The fraction of sp³-hybridized carbons (Fsp3) is 1.00. The van der Waals surface area contributed by atoms with Gasteiger partial charge in [0.2, 0.25) is 0 Å². The van der Waals surface area contributed by atoms with Crippen molar-refractivity contribution in [2.45, 2.75) is 51.0 Å². The molecule has 2 unspecified atom stereocenters. The van der Waals surface area contributed by atoms with Crippen LogP contribution in [0.3, 0.4) is 0 Å². The van der Waals surface area contributed by atoms with Crippen LogP contribution >= 0.6 is 0 Å². The fourth-order valence-electron chi connectivity index (χ4n) is 3.08. The Bertz CT molecular complexity index is 201. The molecule has 15 heavy (non-hydrogen) atoms. The standard InChI is InChI=1S/C13H25NO/c1-11(4-8-14-2)12-5-9-15-13(10-12)6-3-7-13/h11-12,14H,3-10H2,1-2H3. The van der Waals surface area contributed by atoms with Crippen LogP contribution in [0.1, 0.15) is 45.4 Å². The average molecular weight is 211 g/mol. The Labute approximate surface area is 93.8 Å². The SMILES string of the molecule is CNCCC(C)C1CCOC2(CCC2)C1. The molecule has 2 fully saturated rings. The van der Waals surface area contributed by atoms with E-state index in [1.807, 2.05) is 7.05 Å². The molecule has 2 atom stereocenters. The second-order valence-electron chi connectivity index (χ2n) is 5.51. The molecule has 0 bridgehead atoms. The van der Waals surface area contributed by atoms with Crippen LogP contribution in [0.15, 0.2) is 0 Å². The van der Waals surface area contributed by atoms with E-state index in [1.165, 1.54) is 38.5 Å². The van der Waals surface area contributed by atoms with E-state index in [4.69, 9.17) is 4.74 Å². The number of rotatable bonds is 4. The van der Waals surface area contributed by atoms with Crippen LogP contribution in [0.25, 0.3) is 0 Å². The lowest BCUT2D eigenvalue weighted by molar-refractivity contribution is -0.149. The van der Waals surface area contributed by atoms with Gasteiger partial charge in [0.15, 0.2) is 0 Å². The molecule has 1 saturated carbocycles. The van der Waals surface area contributed by atoms with Gasteiger partial charge in [0.1, 0.15) is 0 Å². The van der Waals surface area contributed by atoms with Crippen molar-refractivity contribution in [3.05, 3.63) is 0 Å². The largest absolute Gasteiger partial charge is 0.375 e. The van der Waals surface area contributed by atoms with Gasteiger partial charge < -0.3 is 10.1 Å². The summed E-state index contributed by atoms with van der Waals surface area (Å²) in [6.07, 6.45) is 7.96. The maximum absolute atomic E-state index is 5.97. The lowest BCUT2D eigenvalue weighted by atomic mass is 9.69.